The average molecular weight is 282 g/mol. The lowest BCUT2D eigenvalue weighted by Gasteiger charge is -2.24. The molecule has 1 aromatic carbocycles. The summed E-state index contributed by atoms with van der Waals surface area (Å²) in [6, 6.07) is 2.80. The van der Waals surface area contributed by atoms with Crippen molar-refractivity contribution in [3.8, 4) is 0 Å². The number of aromatic carboxylic acids is 1. The monoisotopic (exact) mass is 282 g/mol. The van der Waals surface area contributed by atoms with Crippen molar-refractivity contribution in [1.82, 2.24) is 5.32 Å². The Kier molecular flexibility index (Phi) is 3.33. The molecule has 0 radical (unpaired) electrons. The van der Waals surface area contributed by atoms with Gasteiger partial charge in [0.15, 0.2) is 11.6 Å². The maximum absolute atomic E-state index is 14.1. The highest BCUT2D eigenvalue weighted by molar-refractivity contribution is 5.88. The predicted molar refractivity (Wildman–Crippen MR) is 70.0 cm³/mol. The largest absolute Gasteiger partial charge is 0.478 e. The number of piperidine rings is 1. The maximum Gasteiger partial charge on any atom is 0.338 e. The van der Waals surface area contributed by atoms with Gasteiger partial charge in [-0.2, -0.15) is 0 Å². The third-order valence-electron chi connectivity index (χ3n) is 4.23. The van der Waals surface area contributed by atoms with E-state index in [1.165, 1.54) is 6.07 Å². The van der Waals surface area contributed by atoms with E-state index < -0.39 is 23.2 Å². The van der Waals surface area contributed by atoms with Crippen LogP contribution in [0.4, 0.5) is 14.5 Å². The van der Waals surface area contributed by atoms with Gasteiger partial charge >= 0.3 is 5.97 Å². The zero-order chi connectivity index (χ0) is 14.3. The Morgan fingerprint density at radius 1 is 1.30 bits per heavy atom. The summed E-state index contributed by atoms with van der Waals surface area (Å²) in [6.07, 6.45) is 2.19. The zero-order valence-corrected chi connectivity index (χ0v) is 10.9. The summed E-state index contributed by atoms with van der Waals surface area (Å²) in [5, 5.41) is 12.2. The Balaban J connectivity index is 1.88. The predicted octanol–water partition coefficient (Wildman–Crippen LogP) is 1.85. The van der Waals surface area contributed by atoms with Crippen molar-refractivity contribution in [3.63, 3.8) is 0 Å². The van der Waals surface area contributed by atoms with Crippen LogP contribution < -0.4 is 10.2 Å². The van der Waals surface area contributed by atoms with E-state index in [9.17, 15) is 13.6 Å². The van der Waals surface area contributed by atoms with E-state index in [-0.39, 0.29) is 5.69 Å². The van der Waals surface area contributed by atoms with Crippen LogP contribution in [0.1, 0.15) is 23.2 Å². The number of anilines is 1. The van der Waals surface area contributed by atoms with Crippen LogP contribution in [-0.2, 0) is 0 Å². The molecule has 0 unspecified atom stereocenters. The first-order chi connectivity index (χ1) is 9.58. The second-order valence-corrected chi connectivity index (χ2v) is 5.43. The Morgan fingerprint density at radius 3 is 2.80 bits per heavy atom. The first-order valence-electron chi connectivity index (χ1n) is 6.77. The van der Waals surface area contributed by atoms with Gasteiger partial charge in [0.05, 0.1) is 11.3 Å². The summed E-state index contributed by atoms with van der Waals surface area (Å²) < 4.78 is 27.8. The molecule has 2 saturated heterocycles. The lowest BCUT2D eigenvalue weighted by molar-refractivity contribution is 0.0690. The Labute approximate surface area is 115 Å². The Bertz CT molecular complexity index is 536. The number of carboxylic acid groups (broad SMARTS) is 1. The first-order valence-corrected chi connectivity index (χ1v) is 6.77. The van der Waals surface area contributed by atoms with Crippen molar-refractivity contribution in [2.45, 2.75) is 18.9 Å². The Morgan fingerprint density at radius 2 is 2.10 bits per heavy atom. The number of halogens is 2. The molecule has 2 N–H and O–H groups in total. The van der Waals surface area contributed by atoms with E-state index in [1.807, 2.05) is 0 Å². The van der Waals surface area contributed by atoms with E-state index in [0.717, 1.165) is 25.5 Å². The standard InChI is InChI=1S/C14H16F2N2O2/c15-12-9(14(19)20)3-4-11(13(12)16)18-6-8-2-1-5-17-10(8)7-18/h3-4,8,10,17H,1-2,5-7H2,(H,19,20)/t8-,10+/m0/s1. The molecule has 0 bridgehead atoms. The van der Waals surface area contributed by atoms with E-state index in [1.54, 1.807) is 4.90 Å². The quantitative estimate of drug-likeness (QED) is 0.869. The van der Waals surface area contributed by atoms with Crippen LogP contribution in [0, 0.1) is 17.6 Å². The van der Waals surface area contributed by atoms with Crippen molar-refractivity contribution in [2.75, 3.05) is 24.5 Å². The van der Waals surface area contributed by atoms with Crippen LogP contribution in [0.3, 0.4) is 0 Å². The highest BCUT2D eigenvalue weighted by Gasteiger charge is 2.35. The normalized spacial score (nSPS) is 25.6. The third kappa shape index (κ3) is 2.14. The molecular weight excluding hydrogens is 266 g/mol. The number of hydrogen-bond acceptors (Lipinski definition) is 3. The minimum Gasteiger partial charge on any atom is -0.478 e. The van der Waals surface area contributed by atoms with Crippen LogP contribution in [0.25, 0.3) is 0 Å². The van der Waals surface area contributed by atoms with Crippen molar-refractivity contribution in [1.29, 1.82) is 0 Å². The van der Waals surface area contributed by atoms with Gasteiger partial charge in [-0.1, -0.05) is 0 Å². The van der Waals surface area contributed by atoms with E-state index in [0.29, 0.717) is 25.0 Å². The first kappa shape index (κ1) is 13.3. The summed E-state index contributed by atoms with van der Waals surface area (Å²) in [5.41, 5.74) is -0.468. The molecule has 0 amide bonds. The molecule has 3 rings (SSSR count). The van der Waals surface area contributed by atoms with Gasteiger partial charge in [-0.05, 0) is 37.4 Å². The summed E-state index contributed by atoms with van der Waals surface area (Å²) in [6.45, 7) is 2.28. The van der Waals surface area contributed by atoms with Gasteiger partial charge in [0.25, 0.3) is 0 Å². The van der Waals surface area contributed by atoms with E-state index in [4.69, 9.17) is 5.11 Å². The second-order valence-electron chi connectivity index (χ2n) is 5.43. The number of hydrogen-bond donors (Lipinski definition) is 2. The smallest absolute Gasteiger partial charge is 0.338 e. The van der Waals surface area contributed by atoms with Crippen molar-refractivity contribution in [2.24, 2.45) is 5.92 Å². The molecule has 2 aliphatic heterocycles. The molecule has 2 fully saturated rings. The number of carbonyl (C=O) groups is 1. The second kappa shape index (κ2) is 5.01. The van der Waals surface area contributed by atoms with Gasteiger partial charge < -0.3 is 15.3 Å². The molecule has 20 heavy (non-hydrogen) atoms. The number of nitrogens with one attached hydrogen (secondary N) is 1. The summed E-state index contributed by atoms with van der Waals surface area (Å²) in [7, 11) is 0. The molecule has 2 aliphatic rings. The molecule has 0 aromatic heterocycles. The summed E-state index contributed by atoms with van der Waals surface area (Å²) >= 11 is 0. The number of benzene rings is 1. The SMILES string of the molecule is O=C(O)c1ccc(N2C[C@@H]3CCCN[C@@H]3C2)c(F)c1F. The molecular formula is C14H16F2N2O2. The maximum atomic E-state index is 14.1. The van der Waals surface area contributed by atoms with Crippen molar-refractivity contribution in [3.05, 3.63) is 29.3 Å². The topological polar surface area (TPSA) is 52.6 Å². The van der Waals surface area contributed by atoms with Crippen molar-refractivity contribution >= 4 is 11.7 Å². The minimum atomic E-state index is -1.45. The van der Waals surface area contributed by atoms with Gasteiger partial charge in [-0.15, -0.1) is 0 Å². The molecule has 108 valence electrons. The molecule has 6 heteroatoms. The van der Waals surface area contributed by atoms with Crippen LogP contribution in [0.15, 0.2) is 12.1 Å². The molecule has 2 atom stereocenters. The number of nitrogens with zero attached hydrogens (tertiary/aromatic N) is 1. The molecule has 0 saturated carbocycles. The summed E-state index contributed by atoms with van der Waals surface area (Å²) in [4.78, 5) is 12.6. The van der Waals surface area contributed by atoms with E-state index in [2.05, 4.69) is 5.32 Å². The fraction of sp³-hybridized carbons (Fsp3) is 0.500. The highest BCUT2D eigenvalue weighted by Crippen LogP contribution is 2.32. The Hall–Kier alpha value is -1.69. The summed E-state index contributed by atoms with van der Waals surface area (Å²) in [5.74, 6) is -3.35. The van der Waals surface area contributed by atoms with Gasteiger partial charge in [0, 0.05) is 19.1 Å². The lowest BCUT2D eigenvalue weighted by atomic mass is 9.94. The molecule has 1 aromatic rings. The number of fused-ring (bicyclic) bond motifs is 1. The van der Waals surface area contributed by atoms with Gasteiger partial charge in [0.2, 0.25) is 0 Å². The van der Waals surface area contributed by atoms with Gasteiger partial charge in [-0.3, -0.25) is 0 Å². The van der Waals surface area contributed by atoms with Crippen LogP contribution >= 0.6 is 0 Å². The van der Waals surface area contributed by atoms with E-state index >= 15 is 0 Å². The zero-order valence-electron chi connectivity index (χ0n) is 10.9. The van der Waals surface area contributed by atoms with Crippen LogP contribution in [-0.4, -0.2) is 36.8 Å². The minimum absolute atomic E-state index is 0.156. The van der Waals surface area contributed by atoms with Crippen molar-refractivity contribution < 1.29 is 18.7 Å². The van der Waals surface area contributed by atoms with Crippen LogP contribution in [0.5, 0.6) is 0 Å². The van der Waals surface area contributed by atoms with Crippen LogP contribution in [0.2, 0.25) is 0 Å². The average Bonchev–Trinajstić information content (AvgIpc) is 2.84. The fourth-order valence-corrected chi connectivity index (χ4v) is 3.19. The molecule has 2 heterocycles. The molecule has 0 spiro atoms. The third-order valence-corrected chi connectivity index (χ3v) is 4.23. The fourth-order valence-electron chi connectivity index (χ4n) is 3.19. The van der Waals surface area contributed by atoms with Gasteiger partial charge in [-0.25, -0.2) is 13.6 Å². The highest BCUT2D eigenvalue weighted by atomic mass is 19.2. The number of rotatable bonds is 2. The van der Waals surface area contributed by atoms with Gasteiger partial charge in [0.1, 0.15) is 0 Å². The number of carboxylic acids is 1. The lowest BCUT2D eigenvalue weighted by Crippen LogP contribution is -2.40. The molecule has 4 nitrogen and oxygen atoms in total. The molecule has 0 aliphatic carbocycles.